The third kappa shape index (κ3) is 7.89. The van der Waals surface area contributed by atoms with Gasteiger partial charge in [0.15, 0.2) is 0 Å². The van der Waals surface area contributed by atoms with Gasteiger partial charge < -0.3 is 14.4 Å². The summed E-state index contributed by atoms with van der Waals surface area (Å²) in [5.41, 5.74) is 2.12. The largest absolute Gasteiger partial charge is 0.500 e. The van der Waals surface area contributed by atoms with Crippen molar-refractivity contribution in [2.45, 2.75) is 68.0 Å². The van der Waals surface area contributed by atoms with Gasteiger partial charge in [0.2, 0.25) is 0 Å². The molecule has 5 aromatic carbocycles. The van der Waals surface area contributed by atoms with Gasteiger partial charge in [0.25, 0.3) is 0 Å². The summed E-state index contributed by atoms with van der Waals surface area (Å²) in [5, 5.41) is 5.99. The zero-order valence-corrected chi connectivity index (χ0v) is 32.4. The second kappa shape index (κ2) is 14.8. The standard InChI is InChI=1S/C27H18NO.C21H28N.Ir/c1-16-14-24(28-15-17(16)2)23-9-5-8-21-22-13-12-19-11-10-18-6-3-4-7-20(18)25(19)27(22)29-26(21)23;1-20(2,3)13-17-12-19(16-10-8-7-9-11-16)22-15-18(17)14-21(4,5)6;/h3-8,10-15H,1-2H3;7-10,12,15H,13-14H2,1-6H3;/q2*-1;/i1D3,2D3;13D2,14D2;. The van der Waals surface area contributed by atoms with E-state index in [1.54, 1.807) is 18.2 Å². The van der Waals surface area contributed by atoms with Crippen molar-refractivity contribution in [1.29, 1.82) is 0 Å². The number of benzene rings is 5. The van der Waals surface area contributed by atoms with Gasteiger partial charge in [0.05, 0.1) is 5.58 Å². The monoisotopic (exact) mass is 869 g/mol. The van der Waals surface area contributed by atoms with Crippen LogP contribution in [0.1, 0.15) is 77.5 Å². The summed E-state index contributed by atoms with van der Waals surface area (Å²) in [6.45, 7) is 5.75. The molecule has 8 aromatic rings. The van der Waals surface area contributed by atoms with Crippen molar-refractivity contribution in [1.82, 2.24) is 9.97 Å². The minimum Gasteiger partial charge on any atom is -0.500 e. The van der Waals surface area contributed by atoms with Crippen LogP contribution in [0.2, 0.25) is 0 Å². The van der Waals surface area contributed by atoms with Gasteiger partial charge in [-0.15, -0.1) is 54.1 Å². The average molecular weight is 869 g/mol. The van der Waals surface area contributed by atoms with Crippen molar-refractivity contribution in [2.75, 3.05) is 0 Å². The van der Waals surface area contributed by atoms with Crippen molar-refractivity contribution in [3.63, 3.8) is 0 Å². The molecule has 4 heteroatoms. The summed E-state index contributed by atoms with van der Waals surface area (Å²) in [4.78, 5) is 8.77. The Balaban J connectivity index is 0.000000214. The number of nitrogens with zero attached hydrogens (tertiary/aromatic N) is 2. The third-order valence-corrected chi connectivity index (χ3v) is 8.37. The summed E-state index contributed by atoms with van der Waals surface area (Å²) in [6, 6.07) is 36.6. The smallest absolute Gasteiger partial charge is 0.129 e. The van der Waals surface area contributed by atoms with Gasteiger partial charge in [-0.05, 0) is 81.5 Å². The molecule has 1 radical (unpaired) electrons. The van der Waals surface area contributed by atoms with Gasteiger partial charge in [0.1, 0.15) is 5.58 Å². The fraction of sp³-hybridized carbons (Fsp3) is 0.250. The molecule has 0 fully saturated rings. The molecule has 3 nitrogen and oxygen atoms in total. The Morgan fingerprint density at radius 2 is 1.33 bits per heavy atom. The molecule has 3 aromatic heterocycles. The van der Waals surface area contributed by atoms with Crippen LogP contribution in [0.25, 0.3) is 66.0 Å². The maximum Gasteiger partial charge on any atom is 0.129 e. The average Bonchev–Trinajstić information content (AvgIpc) is 3.58. The molecule has 0 saturated carbocycles. The van der Waals surface area contributed by atoms with Gasteiger partial charge in [-0.25, -0.2) is 0 Å². The number of fused-ring (bicyclic) bond motifs is 7. The van der Waals surface area contributed by atoms with E-state index in [-0.39, 0.29) is 31.2 Å². The first-order valence-corrected chi connectivity index (χ1v) is 17.0. The molecule has 0 spiro atoms. The molecule has 0 aliphatic carbocycles. The van der Waals surface area contributed by atoms with E-state index in [2.05, 4.69) is 52.4 Å². The van der Waals surface area contributed by atoms with E-state index in [1.807, 2.05) is 84.0 Å². The van der Waals surface area contributed by atoms with Gasteiger partial charge in [-0.1, -0.05) is 119 Å². The number of furan rings is 1. The van der Waals surface area contributed by atoms with Crippen molar-refractivity contribution < 1.29 is 38.2 Å². The van der Waals surface area contributed by atoms with Crippen LogP contribution in [0, 0.1) is 36.7 Å². The Bertz CT molecular complexity index is 2920. The maximum atomic E-state index is 8.77. The first kappa shape index (κ1) is 26.2. The Hall–Kier alpha value is -4.63. The number of rotatable bonds is 4. The molecular formula is C48H46IrN2O-2. The van der Waals surface area contributed by atoms with Gasteiger partial charge in [0, 0.05) is 57.0 Å². The maximum absolute atomic E-state index is 8.77. The molecule has 0 aliphatic heterocycles. The predicted octanol–water partition coefficient (Wildman–Crippen LogP) is 13.1. The van der Waals surface area contributed by atoms with E-state index in [4.69, 9.17) is 18.1 Å². The summed E-state index contributed by atoms with van der Waals surface area (Å²) >= 11 is 0. The first-order valence-electron chi connectivity index (χ1n) is 22.0. The summed E-state index contributed by atoms with van der Waals surface area (Å²) in [5.74, 6) is 0. The van der Waals surface area contributed by atoms with Gasteiger partial charge in [-0.3, -0.25) is 0 Å². The second-order valence-corrected chi connectivity index (χ2v) is 14.8. The summed E-state index contributed by atoms with van der Waals surface area (Å²) in [6.07, 6.45) is -0.830. The van der Waals surface area contributed by atoms with Crippen LogP contribution >= 0.6 is 0 Å². The van der Waals surface area contributed by atoms with Crippen LogP contribution in [-0.4, -0.2) is 9.97 Å². The van der Waals surface area contributed by atoms with Crippen LogP contribution in [-0.2, 0) is 32.9 Å². The van der Waals surface area contributed by atoms with E-state index in [1.165, 1.54) is 12.3 Å². The van der Waals surface area contributed by atoms with E-state index < -0.39 is 37.3 Å². The number of aryl methyl sites for hydroxylation is 2. The molecule has 0 saturated heterocycles. The molecule has 0 unspecified atom stereocenters. The SMILES string of the molecule is [2H]C([2H])([2H])c1cnc(-c2[c-]ccc3c2oc2c3ccc3ccc4ccccc4c32)cc1C([2H])([2H])[2H].[2H]C([2H])(c1cnc(-c2[c-]cccc2)cc1C([2H])([2H])C(C)(C)C)C(C)(C)C.[Ir]. The van der Waals surface area contributed by atoms with E-state index in [0.717, 1.165) is 49.7 Å². The molecule has 0 N–H and O–H groups in total. The summed E-state index contributed by atoms with van der Waals surface area (Å²) in [7, 11) is 0. The second-order valence-electron chi connectivity index (χ2n) is 14.8. The van der Waals surface area contributed by atoms with Crippen LogP contribution < -0.4 is 0 Å². The molecule has 0 amide bonds. The molecular weight excluding hydrogens is 813 g/mol. The zero-order valence-electron chi connectivity index (χ0n) is 40.0. The molecule has 0 bridgehead atoms. The molecule has 8 rings (SSSR count). The molecule has 3 heterocycles. The van der Waals surface area contributed by atoms with E-state index in [0.29, 0.717) is 33.7 Å². The van der Waals surface area contributed by atoms with E-state index in [9.17, 15) is 0 Å². The molecule has 0 aliphatic rings. The topological polar surface area (TPSA) is 38.9 Å². The third-order valence-electron chi connectivity index (χ3n) is 8.37. The zero-order chi connectivity index (χ0) is 44.5. The predicted molar refractivity (Wildman–Crippen MR) is 215 cm³/mol. The van der Waals surface area contributed by atoms with Crippen LogP contribution in [0.15, 0.2) is 114 Å². The van der Waals surface area contributed by atoms with E-state index >= 15 is 0 Å². The minimum absolute atomic E-state index is 0. The van der Waals surface area contributed by atoms with Crippen molar-refractivity contribution >= 4 is 43.5 Å². The Kier molecular flexibility index (Phi) is 7.44. The fourth-order valence-electron chi connectivity index (χ4n) is 6.24. The van der Waals surface area contributed by atoms with Crippen LogP contribution in [0.5, 0.6) is 0 Å². The van der Waals surface area contributed by atoms with Gasteiger partial charge in [-0.2, -0.15) is 0 Å². The fourth-order valence-corrected chi connectivity index (χ4v) is 6.24. The number of aromatic nitrogens is 2. The molecule has 265 valence electrons. The van der Waals surface area contributed by atoms with Gasteiger partial charge >= 0.3 is 0 Å². The number of hydrogen-bond acceptors (Lipinski definition) is 3. The first-order chi connectivity index (χ1) is 28.3. The normalized spacial score (nSPS) is 15.7. The molecule has 52 heavy (non-hydrogen) atoms. The Morgan fingerprint density at radius 3 is 2.08 bits per heavy atom. The summed E-state index contributed by atoms with van der Waals surface area (Å²) < 4.78 is 88.2. The Labute approximate surface area is 335 Å². The Morgan fingerprint density at radius 1 is 0.635 bits per heavy atom. The molecule has 0 atom stereocenters. The van der Waals surface area contributed by atoms with Crippen molar-refractivity contribution in [3.05, 3.63) is 144 Å². The van der Waals surface area contributed by atoms with Crippen molar-refractivity contribution in [3.8, 4) is 22.5 Å². The van der Waals surface area contributed by atoms with Crippen LogP contribution in [0.4, 0.5) is 0 Å². The number of hydrogen-bond donors (Lipinski definition) is 0. The number of pyridine rings is 2. The quantitative estimate of drug-likeness (QED) is 0.131. The van der Waals surface area contributed by atoms with Crippen LogP contribution in [0.3, 0.4) is 0 Å². The minimum atomic E-state index is -2.61. The van der Waals surface area contributed by atoms with Crippen molar-refractivity contribution in [2.24, 2.45) is 10.8 Å².